The average Bonchev–Trinajstić information content (AvgIpc) is 3.56. The number of carbonyl (C=O) groups excluding carboxylic acids is 2. The molecule has 1 unspecified atom stereocenters. The lowest BCUT2D eigenvalue weighted by Gasteiger charge is -2.15. The van der Waals surface area contributed by atoms with E-state index >= 15 is 0 Å². The lowest BCUT2D eigenvalue weighted by molar-refractivity contribution is -0.127. The molecular formula is C23H18N6O3. The number of benzene rings is 2. The van der Waals surface area contributed by atoms with Crippen molar-refractivity contribution in [1.82, 2.24) is 15.0 Å². The monoisotopic (exact) mass is 426 g/mol. The van der Waals surface area contributed by atoms with Gasteiger partial charge in [-0.25, -0.2) is 9.97 Å². The quantitative estimate of drug-likeness (QED) is 0.472. The van der Waals surface area contributed by atoms with Crippen molar-refractivity contribution in [2.75, 3.05) is 10.3 Å². The molecule has 1 atom stereocenters. The summed E-state index contributed by atoms with van der Waals surface area (Å²) in [5, 5.41) is 8.40. The molecule has 0 aliphatic carbocycles. The minimum Gasteiger partial charge on any atom is -0.445 e. The Balaban J connectivity index is 1.35. The van der Waals surface area contributed by atoms with E-state index in [0.717, 1.165) is 5.56 Å². The number of aromatic nitrogens is 3. The Hall–Kier alpha value is -4.53. The maximum atomic E-state index is 13.1. The Morgan fingerprint density at radius 3 is 2.72 bits per heavy atom. The molecule has 1 aliphatic heterocycles. The van der Waals surface area contributed by atoms with Gasteiger partial charge >= 0.3 is 0 Å². The fourth-order valence-corrected chi connectivity index (χ4v) is 3.57. The number of nitrogens with zero attached hydrogens (tertiary/aromatic N) is 4. The van der Waals surface area contributed by atoms with Gasteiger partial charge in [0.25, 0.3) is 5.91 Å². The van der Waals surface area contributed by atoms with Gasteiger partial charge < -0.3 is 14.7 Å². The van der Waals surface area contributed by atoms with Crippen molar-refractivity contribution in [1.29, 1.82) is 0 Å². The predicted molar refractivity (Wildman–Crippen MR) is 119 cm³/mol. The smallest absolute Gasteiger partial charge is 0.265 e. The molecule has 1 aliphatic rings. The second-order valence-corrected chi connectivity index (χ2v) is 7.22. The lowest BCUT2D eigenvalue weighted by atomic mass is 10.0. The summed E-state index contributed by atoms with van der Waals surface area (Å²) in [6.45, 7) is 1.67. The number of hydrazone groups is 1. The van der Waals surface area contributed by atoms with Gasteiger partial charge in [-0.1, -0.05) is 18.2 Å². The third-order valence-electron chi connectivity index (χ3n) is 5.07. The van der Waals surface area contributed by atoms with Crippen LogP contribution in [0.2, 0.25) is 0 Å². The second-order valence-electron chi connectivity index (χ2n) is 7.22. The second kappa shape index (κ2) is 7.95. The maximum absolute atomic E-state index is 13.1. The first-order chi connectivity index (χ1) is 15.6. The van der Waals surface area contributed by atoms with Crippen LogP contribution in [0.4, 0.5) is 11.4 Å². The summed E-state index contributed by atoms with van der Waals surface area (Å²) < 4.78 is 5.33. The number of anilines is 2. The van der Waals surface area contributed by atoms with E-state index < -0.39 is 17.7 Å². The highest BCUT2D eigenvalue weighted by molar-refractivity contribution is 6.28. The first-order valence-electron chi connectivity index (χ1n) is 9.90. The minimum atomic E-state index is -1.02. The van der Waals surface area contributed by atoms with Crippen molar-refractivity contribution in [2.24, 2.45) is 11.0 Å². The molecule has 2 amide bonds. The van der Waals surface area contributed by atoms with Gasteiger partial charge in [0.15, 0.2) is 5.92 Å². The van der Waals surface area contributed by atoms with Crippen LogP contribution < -0.4 is 10.3 Å². The first kappa shape index (κ1) is 19.4. The van der Waals surface area contributed by atoms with Crippen molar-refractivity contribution >= 4 is 28.9 Å². The zero-order valence-corrected chi connectivity index (χ0v) is 17.0. The third kappa shape index (κ3) is 3.56. The molecule has 2 aromatic carbocycles. The molecule has 2 N–H and O–H groups in total. The molecule has 4 aromatic rings. The molecule has 158 valence electrons. The Morgan fingerprint density at radius 1 is 1.09 bits per heavy atom. The number of hydrogen-bond donors (Lipinski definition) is 2. The summed E-state index contributed by atoms with van der Waals surface area (Å²) >= 11 is 0. The van der Waals surface area contributed by atoms with Crippen molar-refractivity contribution in [3.8, 4) is 22.8 Å². The molecular weight excluding hydrogens is 408 g/mol. The van der Waals surface area contributed by atoms with Crippen LogP contribution in [0.1, 0.15) is 6.92 Å². The number of imidazole rings is 1. The first-order valence-corrected chi connectivity index (χ1v) is 9.90. The average molecular weight is 426 g/mol. The molecule has 0 bridgehead atoms. The van der Waals surface area contributed by atoms with E-state index in [9.17, 15) is 9.59 Å². The van der Waals surface area contributed by atoms with Crippen molar-refractivity contribution in [3.63, 3.8) is 0 Å². The molecule has 0 spiro atoms. The van der Waals surface area contributed by atoms with Crippen LogP contribution >= 0.6 is 0 Å². The predicted octanol–water partition coefficient (Wildman–Crippen LogP) is 3.71. The van der Waals surface area contributed by atoms with Crippen LogP contribution in [0.5, 0.6) is 0 Å². The van der Waals surface area contributed by atoms with Crippen LogP contribution in [0.3, 0.4) is 0 Å². The Bertz CT molecular complexity index is 1310. The van der Waals surface area contributed by atoms with Crippen molar-refractivity contribution in [3.05, 3.63) is 73.4 Å². The maximum Gasteiger partial charge on any atom is 0.265 e. The summed E-state index contributed by atoms with van der Waals surface area (Å²) in [5.74, 6) is -0.767. The molecule has 0 fully saturated rings. The number of carbonyl (C=O) groups is 2. The fraction of sp³-hybridized carbons (Fsp3) is 0.0870. The summed E-state index contributed by atoms with van der Waals surface area (Å²) in [5.41, 5.74) is 3.03. The van der Waals surface area contributed by atoms with Crippen molar-refractivity contribution in [2.45, 2.75) is 6.92 Å². The largest absolute Gasteiger partial charge is 0.445 e. The highest BCUT2D eigenvalue weighted by Crippen LogP contribution is 2.29. The van der Waals surface area contributed by atoms with E-state index in [2.05, 4.69) is 25.4 Å². The van der Waals surface area contributed by atoms with Crippen LogP contribution in [-0.4, -0.2) is 32.5 Å². The van der Waals surface area contributed by atoms with E-state index in [0.29, 0.717) is 34.4 Å². The van der Waals surface area contributed by atoms with Crippen LogP contribution in [0, 0.1) is 5.92 Å². The molecule has 0 saturated heterocycles. The van der Waals surface area contributed by atoms with Gasteiger partial charge in [0.05, 0.1) is 17.6 Å². The molecule has 0 saturated carbocycles. The lowest BCUT2D eigenvalue weighted by Crippen LogP contribution is -2.36. The summed E-state index contributed by atoms with van der Waals surface area (Å²) in [4.78, 5) is 37.4. The number of nitrogens with one attached hydrogen (secondary N) is 2. The molecule has 5 rings (SSSR count). The number of aromatic amines is 1. The van der Waals surface area contributed by atoms with Crippen LogP contribution in [0.25, 0.3) is 22.8 Å². The Kier molecular flexibility index (Phi) is 4.83. The van der Waals surface area contributed by atoms with Gasteiger partial charge in [0, 0.05) is 29.2 Å². The zero-order valence-electron chi connectivity index (χ0n) is 17.0. The zero-order chi connectivity index (χ0) is 22.1. The number of rotatable bonds is 5. The SMILES string of the molecule is CC1=NN(c2cccc(-c3ncco3)c2)C(=O)C1C(=O)Nc1cccc(-c2ncc[nH]2)c1. The van der Waals surface area contributed by atoms with Gasteiger partial charge in [-0.3, -0.25) is 9.59 Å². The Labute approximate surface area is 182 Å². The normalized spacial score (nSPS) is 15.7. The van der Waals surface area contributed by atoms with Crippen LogP contribution in [-0.2, 0) is 9.59 Å². The van der Waals surface area contributed by atoms with Gasteiger partial charge in [-0.05, 0) is 37.3 Å². The highest BCUT2D eigenvalue weighted by atomic mass is 16.3. The number of amides is 2. The molecule has 3 heterocycles. The van der Waals surface area contributed by atoms with Crippen LogP contribution in [0.15, 0.2) is 82.9 Å². The molecule has 9 nitrogen and oxygen atoms in total. The van der Waals surface area contributed by atoms with Gasteiger partial charge in [0.1, 0.15) is 12.1 Å². The van der Waals surface area contributed by atoms with Gasteiger partial charge in [0.2, 0.25) is 11.8 Å². The fourth-order valence-electron chi connectivity index (χ4n) is 3.57. The van der Waals surface area contributed by atoms with Crippen molar-refractivity contribution < 1.29 is 14.0 Å². The standard InChI is InChI=1S/C23H18N6O3/c1-14-19(21(30)27-17-6-2-4-15(12-17)20-24-8-9-25-20)23(31)29(28-14)18-7-3-5-16(13-18)22-26-10-11-32-22/h2-13,19H,1H3,(H,24,25)(H,27,30). The highest BCUT2D eigenvalue weighted by Gasteiger charge is 2.40. The molecule has 0 radical (unpaired) electrons. The molecule has 32 heavy (non-hydrogen) atoms. The molecule has 2 aromatic heterocycles. The van der Waals surface area contributed by atoms with E-state index in [1.807, 2.05) is 18.2 Å². The van der Waals surface area contributed by atoms with Gasteiger partial charge in [-0.15, -0.1) is 0 Å². The number of H-pyrrole nitrogens is 1. The van der Waals surface area contributed by atoms with E-state index in [1.165, 1.54) is 11.3 Å². The van der Waals surface area contributed by atoms with E-state index in [1.54, 1.807) is 55.8 Å². The number of hydrogen-bond acceptors (Lipinski definition) is 6. The summed E-state index contributed by atoms with van der Waals surface area (Å²) in [7, 11) is 0. The third-order valence-corrected chi connectivity index (χ3v) is 5.07. The minimum absolute atomic E-state index is 0.413. The van der Waals surface area contributed by atoms with Gasteiger partial charge in [-0.2, -0.15) is 10.1 Å². The summed E-state index contributed by atoms with van der Waals surface area (Å²) in [6, 6.07) is 14.3. The Morgan fingerprint density at radius 2 is 1.94 bits per heavy atom. The number of oxazole rings is 1. The summed E-state index contributed by atoms with van der Waals surface area (Å²) in [6.07, 6.45) is 6.41. The molecule has 9 heteroatoms. The van der Waals surface area contributed by atoms with E-state index in [4.69, 9.17) is 4.42 Å². The van der Waals surface area contributed by atoms with E-state index in [-0.39, 0.29) is 0 Å². The topological polar surface area (TPSA) is 116 Å².